The molecule has 3 aromatic carbocycles. The van der Waals surface area contributed by atoms with Crippen molar-refractivity contribution in [1.29, 1.82) is 0 Å². The summed E-state index contributed by atoms with van der Waals surface area (Å²) < 4.78 is 106. The second-order valence-electron chi connectivity index (χ2n) is 12.6. The highest BCUT2D eigenvalue weighted by molar-refractivity contribution is 5.65. The highest BCUT2D eigenvalue weighted by atomic mass is 19.3. The Morgan fingerprint density at radius 3 is 1.89 bits per heavy atom. The number of hydrogen-bond donors (Lipinski definition) is 0. The van der Waals surface area contributed by atoms with Crippen LogP contribution in [0, 0.1) is 35.0 Å². The molecule has 0 heterocycles. The second-order valence-corrected chi connectivity index (χ2v) is 12.6. The van der Waals surface area contributed by atoms with Gasteiger partial charge in [-0.25, -0.2) is 22.0 Å². The molecule has 0 aromatic heterocycles. The maximum absolute atomic E-state index is 15.2. The Kier molecular flexibility index (Phi) is 10.4. The van der Waals surface area contributed by atoms with Crippen molar-refractivity contribution in [3.05, 3.63) is 94.3 Å². The standard InChI is InChI=1S/C36H39F7O/c1-2-3-4-5-22-6-8-23(9-7-22)25-12-16-29(31(37)18-25)26-13-17-30(32(38)19-26)36(42,43)44-28-14-10-24(11-15-28)27-20-33(39)35(41)34(40)21-27/h12-13,16-24,28H,2-11,14-15H2,1H3. The van der Waals surface area contributed by atoms with Gasteiger partial charge >= 0.3 is 6.11 Å². The zero-order valence-corrected chi connectivity index (χ0v) is 25.0. The first kappa shape index (κ1) is 32.5. The molecule has 2 saturated carbocycles. The molecule has 2 aliphatic carbocycles. The predicted molar refractivity (Wildman–Crippen MR) is 157 cm³/mol. The van der Waals surface area contributed by atoms with Crippen LogP contribution in [0.1, 0.15) is 112 Å². The molecule has 2 aliphatic rings. The average Bonchev–Trinajstić information content (AvgIpc) is 3.00. The molecular formula is C36H39F7O. The normalized spacial score (nSPS) is 22.7. The quantitative estimate of drug-likeness (QED) is 0.124. The summed E-state index contributed by atoms with van der Waals surface area (Å²) in [4.78, 5) is 0. The van der Waals surface area contributed by atoms with Crippen molar-refractivity contribution in [2.75, 3.05) is 0 Å². The molecule has 0 N–H and O–H groups in total. The van der Waals surface area contributed by atoms with E-state index in [1.165, 1.54) is 37.8 Å². The van der Waals surface area contributed by atoms with E-state index in [1.54, 1.807) is 6.07 Å². The first-order valence-electron chi connectivity index (χ1n) is 15.9. The lowest BCUT2D eigenvalue weighted by Crippen LogP contribution is -2.30. The van der Waals surface area contributed by atoms with Crippen LogP contribution in [0.2, 0.25) is 0 Å². The molecule has 0 saturated heterocycles. The Morgan fingerprint density at radius 2 is 1.27 bits per heavy atom. The molecule has 3 aromatic rings. The molecule has 0 aliphatic heterocycles. The minimum absolute atomic E-state index is 0.142. The van der Waals surface area contributed by atoms with Gasteiger partial charge in [0.25, 0.3) is 0 Å². The monoisotopic (exact) mass is 620 g/mol. The van der Waals surface area contributed by atoms with Gasteiger partial charge in [0.15, 0.2) is 17.5 Å². The van der Waals surface area contributed by atoms with Crippen LogP contribution in [0.15, 0.2) is 48.5 Å². The molecule has 0 bridgehead atoms. The molecule has 238 valence electrons. The van der Waals surface area contributed by atoms with Crippen molar-refractivity contribution < 1.29 is 35.5 Å². The Morgan fingerprint density at radius 1 is 0.659 bits per heavy atom. The maximum atomic E-state index is 15.2. The van der Waals surface area contributed by atoms with Gasteiger partial charge in [0.05, 0.1) is 11.7 Å². The minimum Gasteiger partial charge on any atom is -0.313 e. The van der Waals surface area contributed by atoms with E-state index < -0.39 is 46.9 Å². The first-order valence-corrected chi connectivity index (χ1v) is 15.9. The first-order chi connectivity index (χ1) is 21.1. The molecule has 0 atom stereocenters. The van der Waals surface area contributed by atoms with E-state index in [1.807, 2.05) is 6.07 Å². The molecule has 0 unspecified atom stereocenters. The lowest BCUT2D eigenvalue weighted by Gasteiger charge is -2.31. The van der Waals surface area contributed by atoms with Crippen molar-refractivity contribution >= 4 is 0 Å². The summed E-state index contributed by atoms with van der Waals surface area (Å²) in [5.41, 5.74) is 0.533. The molecule has 2 fully saturated rings. The molecule has 8 heteroatoms. The topological polar surface area (TPSA) is 9.23 Å². The summed E-state index contributed by atoms with van der Waals surface area (Å²) in [5.74, 6) is -5.18. The lowest BCUT2D eigenvalue weighted by atomic mass is 9.77. The van der Waals surface area contributed by atoms with Crippen LogP contribution in [0.25, 0.3) is 11.1 Å². The lowest BCUT2D eigenvalue weighted by molar-refractivity contribution is -0.278. The molecule has 0 radical (unpaired) electrons. The van der Waals surface area contributed by atoms with E-state index in [9.17, 15) is 13.2 Å². The summed E-state index contributed by atoms with van der Waals surface area (Å²) in [6, 6.07) is 9.89. The van der Waals surface area contributed by atoms with Gasteiger partial charge in [0.2, 0.25) is 0 Å². The summed E-state index contributed by atoms with van der Waals surface area (Å²) >= 11 is 0. The fourth-order valence-corrected chi connectivity index (χ4v) is 7.00. The van der Waals surface area contributed by atoms with Crippen LogP contribution in [0.4, 0.5) is 30.7 Å². The van der Waals surface area contributed by atoms with Gasteiger partial charge in [0.1, 0.15) is 11.6 Å². The van der Waals surface area contributed by atoms with Gasteiger partial charge in [-0.3, -0.25) is 0 Å². The van der Waals surface area contributed by atoms with E-state index in [4.69, 9.17) is 4.74 Å². The summed E-state index contributed by atoms with van der Waals surface area (Å²) in [6.45, 7) is 2.20. The van der Waals surface area contributed by atoms with Crippen LogP contribution in [-0.2, 0) is 10.8 Å². The zero-order valence-electron chi connectivity index (χ0n) is 25.0. The van der Waals surface area contributed by atoms with Gasteiger partial charge in [-0.2, -0.15) is 8.78 Å². The average molecular weight is 621 g/mol. The molecular weight excluding hydrogens is 581 g/mol. The van der Waals surface area contributed by atoms with Gasteiger partial charge in [0, 0.05) is 5.56 Å². The van der Waals surface area contributed by atoms with Crippen molar-refractivity contribution in [2.24, 2.45) is 5.92 Å². The third-order valence-electron chi connectivity index (χ3n) is 9.59. The highest BCUT2D eigenvalue weighted by Gasteiger charge is 2.40. The second kappa shape index (κ2) is 14.1. The van der Waals surface area contributed by atoms with Crippen LogP contribution in [0.3, 0.4) is 0 Å². The largest absolute Gasteiger partial charge is 0.386 e. The minimum atomic E-state index is -3.94. The summed E-state index contributed by atoms with van der Waals surface area (Å²) in [7, 11) is 0. The Labute approximate surface area is 254 Å². The Bertz CT molecular complexity index is 1400. The molecule has 5 rings (SSSR count). The molecule has 44 heavy (non-hydrogen) atoms. The van der Waals surface area contributed by atoms with Crippen LogP contribution in [-0.4, -0.2) is 6.10 Å². The van der Waals surface area contributed by atoms with Gasteiger partial charge in [-0.1, -0.05) is 50.8 Å². The number of halogens is 7. The van der Waals surface area contributed by atoms with E-state index in [0.29, 0.717) is 12.8 Å². The summed E-state index contributed by atoms with van der Waals surface area (Å²) in [6.07, 6.45) is 5.32. The third kappa shape index (κ3) is 7.49. The van der Waals surface area contributed by atoms with Crippen LogP contribution < -0.4 is 0 Å². The van der Waals surface area contributed by atoms with Gasteiger partial charge in [-0.15, -0.1) is 0 Å². The molecule has 1 nitrogen and oxygen atoms in total. The Hall–Kier alpha value is -2.87. The van der Waals surface area contributed by atoms with Crippen molar-refractivity contribution in [1.82, 2.24) is 0 Å². The maximum Gasteiger partial charge on any atom is 0.386 e. The predicted octanol–water partition coefficient (Wildman–Crippen LogP) is 11.7. The molecule has 0 amide bonds. The number of hydrogen-bond acceptors (Lipinski definition) is 1. The summed E-state index contributed by atoms with van der Waals surface area (Å²) in [5, 5.41) is 0. The number of unbranched alkanes of at least 4 members (excludes halogenated alkanes) is 2. The fourth-order valence-electron chi connectivity index (χ4n) is 7.00. The van der Waals surface area contributed by atoms with Crippen LogP contribution >= 0.6 is 0 Å². The van der Waals surface area contributed by atoms with E-state index in [0.717, 1.165) is 61.4 Å². The van der Waals surface area contributed by atoms with E-state index in [-0.39, 0.29) is 41.4 Å². The number of benzene rings is 3. The van der Waals surface area contributed by atoms with Crippen LogP contribution in [0.5, 0.6) is 0 Å². The third-order valence-corrected chi connectivity index (χ3v) is 9.59. The van der Waals surface area contributed by atoms with E-state index >= 15 is 17.6 Å². The number of alkyl halides is 2. The van der Waals surface area contributed by atoms with Crippen molar-refractivity contribution in [3.63, 3.8) is 0 Å². The highest BCUT2D eigenvalue weighted by Crippen LogP contribution is 2.42. The van der Waals surface area contributed by atoms with Crippen molar-refractivity contribution in [2.45, 2.75) is 108 Å². The Balaban J connectivity index is 1.19. The number of ether oxygens (including phenoxy) is 1. The SMILES string of the molecule is CCCCCC1CCC(c2ccc(-c3ccc(C(F)(F)OC4CCC(c5cc(F)c(F)c(F)c5)CC4)c(F)c3)c(F)c2)CC1. The fraction of sp³-hybridized carbons (Fsp3) is 0.500. The van der Waals surface area contributed by atoms with Gasteiger partial charge in [-0.05, 0) is 116 Å². The molecule has 0 spiro atoms. The van der Waals surface area contributed by atoms with E-state index in [2.05, 4.69) is 6.92 Å². The smallest absolute Gasteiger partial charge is 0.313 e. The number of rotatable bonds is 10. The van der Waals surface area contributed by atoms with Crippen molar-refractivity contribution in [3.8, 4) is 11.1 Å². The van der Waals surface area contributed by atoms with Gasteiger partial charge < -0.3 is 4.74 Å². The zero-order chi connectivity index (χ0) is 31.4.